The Morgan fingerprint density at radius 1 is 1.54 bits per heavy atom. The van der Waals surface area contributed by atoms with Gasteiger partial charge in [0, 0.05) is 0 Å². The Labute approximate surface area is 75.6 Å². The van der Waals surface area contributed by atoms with Gasteiger partial charge in [-0.3, -0.25) is 0 Å². The molecule has 68 valence electrons. The predicted octanol–water partition coefficient (Wildman–Crippen LogP) is 0.145. The number of nitrogens with zero attached hydrogens (tertiary/aromatic N) is 4. The summed E-state index contributed by atoms with van der Waals surface area (Å²) in [6, 6.07) is 0. The Bertz CT molecular complexity index is 381. The molecular weight excluding hydrogens is 166 g/mol. The second-order valence-electron chi connectivity index (χ2n) is 2.74. The third kappa shape index (κ3) is 1.17. The second kappa shape index (κ2) is 3.10. The monoisotopic (exact) mass is 177 g/mol. The highest BCUT2D eigenvalue weighted by Crippen LogP contribution is 2.10. The summed E-state index contributed by atoms with van der Waals surface area (Å²) < 4.78 is 1.74. The Morgan fingerprint density at radius 3 is 3.08 bits per heavy atom. The Morgan fingerprint density at radius 2 is 2.38 bits per heavy atom. The normalized spacial score (nSPS) is 10.9. The van der Waals surface area contributed by atoms with E-state index < -0.39 is 0 Å². The molecule has 0 aromatic carbocycles. The lowest BCUT2D eigenvalue weighted by atomic mass is 10.3. The topological polar surface area (TPSA) is 69.1 Å². The van der Waals surface area contributed by atoms with Crippen molar-refractivity contribution in [2.45, 2.75) is 19.9 Å². The molecule has 2 rings (SSSR count). The number of fused-ring (bicyclic) bond motifs is 1. The highest BCUT2D eigenvalue weighted by atomic mass is 15.3. The maximum absolute atomic E-state index is 5.54. The van der Waals surface area contributed by atoms with Crippen LogP contribution in [0.5, 0.6) is 0 Å². The highest BCUT2D eigenvalue weighted by molar-refractivity contribution is 5.49. The molecule has 0 aliphatic rings. The maximum Gasteiger partial charge on any atom is 0.144 e. The van der Waals surface area contributed by atoms with Crippen LogP contribution >= 0.6 is 0 Å². The van der Waals surface area contributed by atoms with E-state index in [0.717, 1.165) is 23.5 Å². The molecule has 0 radical (unpaired) electrons. The van der Waals surface area contributed by atoms with Crippen LogP contribution in [0.25, 0.3) is 5.52 Å². The molecule has 0 bridgehead atoms. The largest absolute Gasteiger partial charge is 0.324 e. The van der Waals surface area contributed by atoms with E-state index in [9.17, 15) is 0 Å². The number of rotatable bonds is 2. The van der Waals surface area contributed by atoms with Crippen LogP contribution in [0.1, 0.15) is 18.4 Å². The summed E-state index contributed by atoms with van der Waals surface area (Å²) >= 11 is 0. The summed E-state index contributed by atoms with van der Waals surface area (Å²) in [7, 11) is 0. The lowest BCUT2D eigenvalue weighted by molar-refractivity contribution is 0.797. The van der Waals surface area contributed by atoms with E-state index in [1.165, 1.54) is 6.33 Å². The minimum atomic E-state index is 0.401. The van der Waals surface area contributed by atoms with Gasteiger partial charge in [0.1, 0.15) is 17.7 Å². The number of imidazole rings is 1. The van der Waals surface area contributed by atoms with Gasteiger partial charge in [-0.2, -0.15) is 5.10 Å². The fourth-order valence-electron chi connectivity index (χ4n) is 1.36. The number of aryl methyl sites for hydroxylation is 1. The van der Waals surface area contributed by atoms with Gasteiger partial charge in [-0.1, -0.05) is 6.92 Å². The van der Waals surface area contributed by atoms with E-state index in [1.807, 2.05) is 0 Å². The Kier molecular flexibility index (Phi) is 1.94. The minimum absolute atomic E-state index is 0.401. The molecule has 0 amide bonds. The van der Waals surface area contributed by atoms with Crippen LogP contribution in [0.3, 0.4) is 0 Å². The van der Waals surface area contributed by atoms with Crippen molar-refractivity contribution in [2.24, 2.45) is 5.73 Å². The first-order chi connectivity index (χ1) is 6.36. The molecule has 5 heteroatoms. The summed E-state index contributed by atoms with van der Waals surface area (Å²) in [6.07, 6.45) is 4.13. The third-order valence-corrected chi connectivity index (χ3v) is 1.98. The number of hydrogen-bond acceptors (Lipinski definition) is 4. The molecular formula is C8H11N5. The van der Waals surface area contributed by atoms with E-state index in [4.69, 9.17) is 5.73 Å². The van der Waals surface area contributed by atoms with Crippen molar-refractivity contribution in [3.05, 3.63) is 24.0 Å². The summed E-state index contributed by atoms with van der Waals surface area (Å²) in [6.45, 7) is 2.45. The Balaban J connectivity index is 2.74. The van der Waals surface area contributed by atoms with Crippen LogP contribution < -0.4 is 5.73 Å². The van der Waals surface area contributed by atoms with Gasteiger partial charge in [-0.05, 0) is 6.42 Å². The zero-order valence-electron chi connectivity index (χ0n) is 7.44. The van der Waals surface area contributed by atoms with E-state index in [2.05, 4.69) is 22.0 Å². The number of nitrogens with two attached hydrogens (primary N) is 1. The smallest absolute Gasteiger partial charge is 0.144 e. The van der Waals surface area contributed by atoms with Gasteiger partial charge in [0.15, 0.2) is 0 Å². The summed E-state index contributed by atoms with van der Waals surface area (Å²) in [5.74, 6) is 0.786. The predicted molar refractivity (Wildman–Crippen MR) is 48.1 cm³/mol. The van der Waals surface area contributed by atoms with Crippen LogP contribution in [0.15, 0.2) is 12.5 Å². The van der Waals surface area contributed by atoms with E-state index >= 15 is 0 Å². The van der Waals surface area contributed by atoms with Crippen molar-refractivity contribution in [3.63, 3.8) is 0 Å². The van der Waals surface area contributed by atoms with Crippen LogP contribution in [0.4, 0.5) is 0 Å². The van der Waals surface area contributed by atoms with Gasteiger partial charge in [-0.15, -0.1) is 0 Å². The van der Waals surface area contributed by atoms with Crippen LogP contribution in [-0.4, -0.2) is 19.6 Å². The van der Waals surface area contributed by atoms with Crippen LogP contribution in [0, 0.1) is 0 Å². The van der Waals surface area contributed by atoms with Crippen molar-refractivity contribution < 1.29 is 0 Å². The van der Waals surface area contributed by atoms with Gasteiger partial charge in [0.05, 0.1) is 18.4 Å². The van der Waals surface area contributed by atoms with Gasteiger partial charge < -0.3 is 5.73 Å². The molecule has 0 unspecified atom stereocenters. The fraction of sp³-hybridized carbons (Fsp3) is 0.375. The molecule has 0 spiro atoms. The molecule has 0 aliphatic heterocycles. The summed E-state index contributed by atoms with van der Waals surface area (Å²) in [5, 5.41) is 4.08. The van der Waals surface area contributed by atoms with Gasteiger partial charge >= 0.3 is 0 Å². The van der Waals surface area contributed by atoms with Crippen molar-refractivity contribution in [1.82, 2.24) is 19.6 Å². The molecule has 2 aromatic heterocycles. The maximum atomic E-state index is 5.54. The SMILES string of the molecule is CCc1nc(CN)n2ncncc12. The summed E-state index contributed by atoms with van der Waals surface area (Å²) in [5.41, 5.74) is 7.49. The van der Waals surface area contributed by atoms with E-state index in [1.54, 1.807) is 10.7 Å². The second-order valence-corrected chi connectivity index (χ2v) is 2.74. The molecule has 2 aromatic rings. The third-order valence-electron chi connectivity index (χ3n) is 1.98. The van der Waals surface area contributed by atoms with E-state index in [-0.39, 0.29) is 0 Å². The standard InChI is InChI=1S/C8H11N5/c1-2-6-7-4-10-5-11-13(7)8(3-9)12-6/h4-5H,2-3,9H2,1H3. The zero-order valence-corrected chi connectivity index (χ0v) is 7.44. The molecule has 13 heavy (non-hydrogen) atoms. The van der Waals surface area contributed by atoms with Crippen LogP contribution in [-0.2, 0) is 13.0 Å². The molecule has 0 saturated carbocycles. The lowest BCUT2D eigenvalue weighted by Crippen LogP contribution is -2.04. The molecule has 2 N–H and O–H groups in total. The zero-order chi connectivity index (χ0) is 9.26. The number of hydrogen-bond donors (Lipinski definition) is 1. The number of aromatic nitrogens is 4. The van der Waals surface area contributed by atoms with Crippen molar-refractivity contribution >= 4 is 5.52 Å². The summed E-state index contributed by atoms with van der Waals surface area (Å²) in [4.78, 5) is 8.32. The average molecular weight is 177 g/mol. The first-order valence-electron chi connectivity index (χ1n) is 4.23. The molecule has 2 heterocycles. The van der Waals surface area contributed by atoms with Crippen molar-refractivity contribution in [2.75, 3.05) is 0 Å². The first kappa shape index (κ1) is 8.12. The molecule has 0 saturated heterocycles. The quantitative estimate of drug-likeness (QED) is 0.708. The lowest BCUT2D eigenvalue weighted by Gasteiger charge is -1.93. The van der Waals surface area contributed by atoms with Crippen LogP contribution in [0.2, 0.25) is 0 Å². The molecule has 5 nitrogen and oxygen atoms in total. The average Bonchev–Trinajstić information content (AvgIpc) is 2.56. The van der Waals surface area contributed by atoms with Gasteiger partial charge in [0.2, 0.25) is 0 Å². The first-order valence-corrected chi connectivity index (χ1v) is 4.23. The van der Waals surface area contributed by atoms with Crippen molar-refractivity contribution in [1.29, 1.82) is 0 Å². The fourth-order valence-corrected chi connectivity index (χ4v) is 1.36. The minimum Gasteiger partial charge on any atom is -0.324 e. The molecule has 0 fully saturated rings. The molecule has 0 atom stereocenters. The van der Waals surface area contributed by atoms with Gasteiger partial charge in [-0.25, -0.2) is 14.5 Å². The van der Waals surface area contributed by atoms with E-state index in [0.29, 0.717) is 6.54 Å². The highest BCUT2D eigenvalue weighted by Gasteiger charge is 2.08. The molecule has 0 aliphatic carbocycles. The Hall–Kier alpha value is -1.49. The van der Waals surface area contributed by atoms with Crippen molar-refractivity contribution in [3.8, 4) is 0 Å². The van der Waals surface area contributed by atoms with Gasteiger partial charge in [0.25, 0.3) is 0 Å².